The Labute approximate surface area is 160 Å². The quantitative estimate of drug-likeness (QED) is 0.840. The summed E-state index contributed by atoms with van der Waals surface area (Å²) in [5, 5.41) is 8.91. The number of nitrogens with zero attached hydrogens (tertiary/aromatic N) is 2. The molecule has 1 aliphatic carbocycles. The van der Waals surface area contributed by atoms with Crippen LogP contribution in [0.25, 0.3) is 0 Å². The van der Waals surface area contributed by atoms with E-state index >= 15 is 0 Å². The zero-order chi connectivity index (χ0) is 20.5. The molecule has 0 amide bonds. The number of hydrogen-bond donors (Lipinski definition) is 1. The summed E-state index contributed by atoms with van der Waals surface area (Å²) < 4.78 is 38.8. The third-order valence-electron chi connectivity index (χ3n) is 4.90. The number of halogens is 3. The van der Waals surface area contributed by atoms with Crippen molar-refractivity contribution >= 4 is 17.2 Å². The molecule has 0 saturated heterocycles. The van der Waals surface area contributed by atoms with Gasteiger partial charge in [-0.15, -0.1) is 0 Å². The van der Waals surface area contributed by atoms with Crippen LogP contribution in [0, 0.1) is 23.2 Å². The van der Waals surface area contributed by atoms with Crippen molar-refractivity contribution in [1.29, 1.82) is 5.26 Å². The number of ketones is 1. The molecule has 0 heterocycles. The number of Topliss-reactive ketones (excluding diaryl/α,β-unsaturated/α-hetero) is 1. The first-order chi connectivity index (χ1) is 13.2. The van der Waals surface area contributed by atoms with Gasteiger partial charge in [0.15, 0.2) is 0 Å². The molecule has 0 aliphatic heterocycles. The lowest BCUT2D eigenvalue weighted by Crippen LogP contribution is -2.30. The molecule has 2 N–H and O–H groups in total. The third-order valence-corrected chi connectivity index (χ3v) is 4.90. The molecule has 1 saturated carbocycles. The molecule has 7 heteroatoms. The maximum atomic E-state index is 12.9. The second kappa shape index (κ2) is 7.56. The van der Waals surface area contributed by atoms with Crippen molar-refractivity contribution in [3.8, 4) is 6.07 Å². The molecule has 2 aromatic rings. The third kappa shape index (κ3) is 3.97. The number of carbonyl (C=O) groups is 1. The highest BCUT2D eigenvalue weighted by atomic mass is 19.4. The normalized spacial score (nSPS) is 22.3. The van der Waals surface area contributed by atoms with Gasteiger partial charge >= 0.3 is 6.18 Å². The van der Waals surface area contributed by atoms with Crippen molar-refractivity contribution in [2.75, 3.05) is 0 Å². The fraction of sp³-hybridized carbons (Fsp3) is 0.286. The molecular weight excluding hydrogens is 367 g/mol. The highest BCUT2D eigenvalue weighted by Crippen LogP contribution is 2.36. The topological polar surface area (TPSA) is 79.2 Å². The number of nitrogens with two attached hydrogens (primary N) is 1. The van der Waals surface area contributed by atoms with Crippen LogP contribution in [0.2, 0.25) is 0 Å². The largest absolute Gasteiger partial charge is 0.416 e. The van der Waals surface area contributed by atoms with Gasteiger partial charge < -0.3 is 5.73 Å². The number of rotatable bonds is 3. The minimum atomic E-state index is -4.47. The summed E-state index contributed by atoms with van der Waals surface area (Å²) in [5.41, 5.74) is 7.30. The van der Waals surface area contributed by atoms with Crippen LogP contribution in [0.15, 0.2) is 53.5 Å². The fourth-order valence-corrected chi connectivity index (χ4v) is 3.40. The Morgan fingerprint density at radius 2 is 1.89 bits per heavy atom. The van der Waals surface area contributed by atoms with Crippen molar-refractivity contribution in [3.63, 3.8) is 0 Å². The number of nitriles is 1. The molecule has 4 nitrogen and oxygen atoms in total. The summed E-state index contributed by atoms with van der Waals surface area (Å²) in [5.74, 6) is -1.10. The van der Waals surface area contributed by atoms with Gasteiger partial charge in [-0.25, -0.2) is 0 Å². The Kier molecular flexibility index (Phi) is 5.34. The first-order valence-corrected chi connectivity index (χ1v) is 8.75. The summed E-state index contributed by atoms with van der Waals surface area (Å²) in [7, 11) is 0. The van der Waals surface area contributed by atoms with Gasteiger partial charge in [0.25, 0.3) is 0 Å². The summed E-state index contributed by atoms with van der Waals surface area (Å²) in [6.45, 7) is 1.76. The van der Waals surface area contributed by atoms with Crippen LogP contribution >= 0.6 is 0 Å². The molecule has 0 bridgehead atoms. The summed E-state index contributed by atoms with van der Waals surface area (Å²) in [6, 6.07) is 12.6. The zero-order valence-electron chi connectivity index (χ0n) is 15.1. The van der Waals surface area contributed by atoms with Gasteiger partial charge in [0.1, 0.15) is 5.78 Å². The lowest BCUT2D eigenvalue weighted by molar-refractivity contribution is -0.137. The monoisotopic (exact) mass is 385 g/mol. The summed E-state index contributed by atoms with van der Waals surface area (Å²) in [6.07, 6.45) is -4.11. The van der Waals surface area contributed by atoms with Crippen LogP contribution in [0.1, 0.15) is 36.1 Å². The Bertz CT molecular complexity index is 958. The lowest BCUT2D eigenvalue weighted by atomic mass is 9.89. The SMILES string of the molecule is CC1CC(=Nc2cccc(C(F)(F)F)c2)C(C(N)c2ccc(C#N)cc2)C1=O. The maximum Gasteiger partial charge on any atom is 0.416 e. The van der Waals surface area contributed by atoms with E-state index in [1.807, 2.05) is 6.07 Å². The minimum absolute atomic E-state index is 0.0809. The molecule has 0 spiro atoms. The van der Waals surface area contributed by atoms with Crippen molar-refractivity contribution in [1.82, 2.24) is 0 Å². The van der Waals surface area contributed by atoms with Crippen molar-refractivity contribution < 1.29 is 18.0 Å². The predicted molar refractivity (Wildman–Crippen MR) is 98.9 cm³/mol. The highest BCUT2D eigenvalue weighted by Gasteiger charge is 2.41. The van der Waals surface area contributed by atoms with Crippen LogP contribution < -0.4 is 5.73 Å². The Morgan fingerprint density at radius 1 is 1.21 bits per heavy atom. The molecular formula is C21H18F3N3O. The van der Waals surface area contributed by atoms with Crippen molar-refractivity contribution in [2.45, 2.75) is 25.6 Å². The molecule has 28 heavy (non-hydrogen) atoms. The van der Waals surface area contributed by atoms with E-state index in [1.165, 1.54) is 12.1 Å². The standard InChI is InChI=1S/C21H18F3N3O/c1-12-9-17(27-16-4-2-3-15(10-16)21(22,23)24)18(20(12)28)19(26)14-7-5-13(11-25)6-8-14/h2-8,10,12,18-19H,9,26H2,1H3. The van der Waals surface area contributed by atoms with E-state index in [0.717, 1.165) is 12.1 Å². The Morgan fingerprint density at radius 3 is 2.50 bits per heavy atom. The number of aliphatic imine (C=N–C) groups is 1. The Balaban J connectivity index is 1.96. The summed E-state index contributed by atoms with van der Waals surface area (Å²) in [4.78, 5) is 17.0. The average molecular weight is 385 g/mol. The van der Waals surface area contributed by atoms with Crippen LogP contribution in [0.4, 0.5) is 18.9 Å². The van der Waals surface area contributed by atoms with Gasteiger partial charge in [-0.2, -0.15) is 18.4 Å². The molecule has 3 unspecified atom stereocenters. The van der Waals surface area contributed by atoms with E-state index in [0.29, 0.717) is 23.3 Å². The molecule has 144 valence electrons. The number of carbonyl (C=O) groups excluding carboxylic acids is 1. The zero-order valence-corrected chi connectivity index (χ0v) is 15.1. The van der Waals surface area contributed by atoms with Crippen molar-refractivity contribution in [2.24, 2.45) is 22.6 Å². The molecule has 0 aromatic heterocycles. The molecule has 0 radical (unpaired) electrons. The second-order valence-electron chi connectivity index (χ2n) is 6.90. The van der Waals surface area contributed by atoms with Gasteiger partial charge in [-0.3, -0.25) is 9.79 Å². The van der Waals surface area contributed by atoms with E-state index < -0.39 is 23.7 Å². The van der Waals surface area contributed by atoms with Crippen LogP contribution in [-0.2, 0) is 11.0 Å². The van der Waals surface area contributed by atoms with E-state index in [4.69, 9.17) is 11.0 Å². The lowest BCUT2D eigenvalue weighted by Gasteiger charge is -2.20. The van der Waals surface area contributed by atoms with Gasteiger partial charge in [0.05, 0.1) is 28.8 Å². The highest BCUT2D eigenvalue weighted by molar-refractivity contribution is 6.13. The summed E-state index contributed by atoms with van der Waals surface area (Å²) >= 11 is 0. The van der Waals surface area contributed by atoms with Gasteiger partial charge in [-0.1, -0.05) is 25.1 Å². The van der Waals surface area contributed by atoms with Crippen LogP contribution in [0.5, 0.6) is 0 Å². The first-order valence-electron chi connectivity index (χ1n) is 8.75. The number of hydrogen-bond acceptors (Lipinski definition) is 4. The first kappa shape index (κ1) is 19.8. The molecule has 2 aromatic carbocycles. The van der Waals surface area contributed by atoms with Gasteiger partial charge in [0, 0.05) is 17.7 Å². The smallest absolute Gasteiger partial charge is 0.323 e. The van der Waals surface area contributed by atoms with Gasteiger partial charge in [0.2, 0.25) is 0 Å². The number of alkyl halides is 3. The second-order valence-corrected chi connectivity index (χ2v) is 6.90. The van der Waals surface area contributed by atoms with Crippen LogP contribution in [0.3, 0.4) is 0 Å². The Hall–Kier alpha value is -2.98. The molecule has 3 rings (SSSR count). The van der Waals surface area contributed by atoms with Gasteiger partial charge in [-0.05, 0) is 42.3 Å². The van der Waals surface area contributed by atoms with E-state index in [9.17, 15) is 18.0 Å². The van der Waals surface area contributed by atoms with E-state index in [1.54, 1.807) is 31.2 Å². The number of benzene rings is 2. The predicted octanol–water partition coefficient (Wildman–Crippen LogP) is 4.57. The maximum absolute atomic E-state index is 12.9. The van der Waals surface area contributed by atoms with Crippen LogP contribution in [-0.4, -0.2) is 11.5 Å². The van der Waals surface area contributed by atoms with E-state index in [2.05, 4.69) is 4.99 Å². The molecule has 3 atom stereocenters. The average Bonchev–Trinajstić information content (AvgIpc) is 2.94. The van der Waals surface area contributed by atoms with Crippen molar-refractivity contribution in [3.05, 3.63) is 65.2 Å². The molecule has 1 fully saturated rings. The minimum Gasteiger partial charge on any atom is -0.323 e. The fourth-order valence-electron chi connectivity index (χ4n) is 3.40. The van der Waals surface area contributed by atoms with E-state index in [-0.39, 0.29) is 17.4 Å². The molecule has 1 aliphatic rings.